The predicted octanol–water partition coefficient (Wildman–Crippen LogP) is 3.63. The number of aromatic nitrogens is 2. The molecule has 3 N–H and O–H groups in total. The van der Waals surface area contributed by atoms with Crippen LogP contribution in [-0.2, 0) is 4.79 Å². The minimum atomic E-state index is -0.109. The van der Waals surface area contributed by atoms with Gasteiger partial charge in [0.2, 0.25) is 5.91 Å². The Hall–Kier alpha value is -1.85. The van der Waals surface area contributed by atoms with Gasteiger partial charge in [0.15, 0.2) is 0 Å². The minimum Gasteiger partial charge on any atom is -0.397 e. The fourth-order valence-electron chi connectivity index (χ4n) is 1.39. The Kier molecular flexibility index (Phi) is 6.39. The van der Waals surface area contributed by atoms with Gasteiger partial charge in [0.25, 0.3) is 0 Å². The lowest BCUT2D eigenvalue weighted by Gasteiger charge is -2.04. The summed E-state index contributed by atoms with van der Waals surface area (Å²) >= 11 is 11.2. The zero-order valence-corrected chi connectivity index (χ0v) is 13.5. The summed E-state index contributed by atoms with van der Waals surface area (Å²) in [6.45, 7) is 5.06. The average Bonchev–Trinajstić information content (AvgIpc) is 2.38. The molecule has 1 amide bonds. The molecule has 0 spiro atoms. The number of halogens is 2. The van der Waals surface area contributed by atoms with Crippen LogP contribution in [0, 0.1) is 13.8 Å². The van der Waals surface area contributed by atoms with E-state index in [1.807, 2.05) is 6.92 Å². The van der Waals surface area contributed by atoms with E-state index < -0.39 is 0 Å². The van der Waals surface area contributed by atoms with Gasteiger partial charge in [0.05, 0.1) is 22.8 Å². The quantitative estimate of drug-likeness (QED) is 0.784. The lowest BCUT2D eigenvalue weighted by atomic mass is 10.3. The normalized spacial score (nSPS) is 9.57. The Balaban J connectivity index is 0.000000219. The lowest BCUT2D eigenvalue weighted by Crippen LogP contribution is -2.07. The number of amides is 1. The molecule has 0 unspecified atom stereocenters. The van der Waals surface area contributed by atoms with Crippen LogP contribution in [0.15, 0.2) is 24.3 Å². The van der Waals surface area contributed by atoms with Gasteiger partial charge in [0, 0.05) is 6.92 Å². The summed E-state index contributed by atoms with van der Waals surface area (Å²) in [7, 11) is 0. The van der Waals surface area contributed by atoms with Crippen molar-refractivity contribution in [2.45, 2.75) is 20.8 Å². The molecule has 0 aromatic carbocycles. The van der Waals surface area contributed by atoms with Gasteiger partial charge in [-0.3, -0.25) is 4.79 Å². The summed E-state index contributed by atoms with van der Waals surface area (Å²) < 4.78 is 0. The Morgan fingerprint density at radius 3 is 2.00 bits per heavy atom. The Bertz CT molecular complexity index is 647. The van der Waals surface area contributed by atoms with E-state index in [1.54, 1.807) is 31.2 Å². The van der Waals surface area contributed by atoms with Crippen molar-refractivity contribution >= 4 is 40.5 Å². The van der Waals surface area contributed by atoms with Crippen LogP contribution < -0.4 is 11.1 Å². The van der Waals surface area contributed by atoms with E-state index in [4.69, 9.17) is 28.9 Å². The van der Waals surface area contributed by atoms with Gasteiger partial charge in [-0.2, -0.15) is 0 Å². The first-order chi connectivity index (χ1) is 9.79. The molecule has 0 radical (unpaired) electrons. The van der Waals surface area contributed by atoms with Crippen molar-refractivity contribution in [3.8, 4) is 0 Å². The molecule has 5 nitrogen and oxygen atoms in total. The van der Waals surface area contributed by atoms with Gasteiger partial charge >= 0.3 is 0 Å². The highest BCUT2D eigenvalue weighted by Crippen LogP contribution is 2.15. The highest BCUT2D eigenvalue weighted by molar-refractivity contribution is 6.29. The first-order valence-corrected chi connectivity index (χ1v) is 6.84. The smallest absolute Gasteiger partial charge is 0.221 e. The van der Waals surface area contributed by atoms with Crippen molar-refractivity contribution in [2.75, 3.05) is 11.1 Å². The number of nitrogen functional groups attached to an aromatic ring is 1. The summed E-state index contributed by atoms with van der Waals surface area (Å²) in [4.78, 5) is 18.6. The number of carbonyl (C=O) groups excluding carboxylic acids is 1. The number of pyridine rings is 2. The largest absolute Gasteiger partial charge is 0.397 e. The van der Waals surface area contributed by atoms with E-state index in [0.29, 0.717) is 21.7 Å². The van der Waals surface area contributed by atoms with Crippen molar-refractivity contribution < 1.29 is 4.79 Å². The van der Waals surface area contributed by atoms with Crippen molar-refractivity contribution in [3.05, 3.63) is 46.0 Å². The minimum absolute atomic E-state index is 0.109. The molecule has 0 atom stereocenters. The molecule has 0 saturated heterocycles. The number of nitrogens with two attached hydrogens (primary N) is 1. The molecule has 112 valence electrons. The monoisotopic (exact) mass is 326 g/mol. The SMILES string of the molecule is CC(=O)Nc1ccc(Cl)nc1C.Cc1nc(Cl)ccc1N. The highest BCUT2D eigenvalue weighted by atomic mass is 35.5. The number of hydrogen-bond donors (Lipinski definition) is 2. The highest BCUT2D eigenvalue weighted by Gasteiger charge is 2.00. The molecule has 2 heterocycles. The number of hydrogen-bond acceptors (Lipinski definition) is 4. The molecule has 2 aromatic heterocycles. The molecule has 7 heteroatoms. The van der Waals surface area contributed by atoms with Gasteiger partial charge < -0.3 is 11.1 Å². The van der Waals surface area contributed by atoms with Gasteiger partial charge in [-0.15, -0.1) is 0 Å². The van der Waals surface area contributed by atoms with Crippen LogP contribution in [0.2, 0.25) is 10.3 Å². The second kappa shape index (κ2) is 7.81. The maximum atomic E-state index is 10.7. The van der Waals surface area contributed by atoms with Crippen LogP contribution in [0.25, 0.3) is 0 Å². The van der Waals surface area contributed by atoms with E-state index >= 15 is 0 Å². The van der Waals surface area contributed by atoms with Crippen LogP contribution in [0.1, 0.15) is 18.3 Å². The van der Waals surface area contributed by atoms with E-state index in [-0.39, 0.29) is 5.91 Å². The molecule has 0 aliphatic carbocycles. The molecule has 0 fully saturated rings. The second-order valence-corrected chi connectivity index (χ2v) is 5.03. The summed E-state index contributed by atoms with van der Waals surface area (Å²) in [5.74, 6) is -0.109. The second-order valence-electron chi connectivity index (χ2n) is 4.26. The number of anilines is 2. The fraction of sp³-hybridized carbons (Fsp3) is 0.214. The molecule has 0 saturated carbocycles. The van der Waals surface area contributed by atoms with Crippen molar-refractivity contribution in [1.29, 1.82) is 0 Å². The molecule has 2 rings (SSSR count). The van der Waals surface area contributed by atoms with Crippen LogP contribution in [0.3, 0.4) is 0 Å². The zero-order valence-electron chi connectivity index (χ0n) is 11.9. The summed E-state index contributed by atoms with van der Waals surface area (Å²) in [6, 6.07) is 6.78. The number of nitrogens with one attached hydrogen (secondary N) is 1. The third-order valence-corrected chi connectivity index (χ3v) is 2.88. The first-order valence-electron chi connectivity index (χ1n) is 6.09. The van der Waals surface area contributed by atoms with E-state index in [9.17, 15) is 4.79 Å². The number of rotatable bonds is 1. The van der Waals surface area contributed by atoms with E-state index in [1.165, 1.54) is 6.92 Å². The Labute approximate surface area is 133 Å². The molecule has 2 aromatic rings. The molecule has 0 bridgehead atoms. The van der Waals surface area contributed by atoms with Crippen LogP contribution >= 0.6 is 23.2 Å². The molecule has 0 aliphatic heterocycles. The molecular weight excluding hydrogens is 311 g/mol. The van der Waals surface area contributed by atoms with Gasteiger partial charge in [-0.05, 0) is 38.1 Å². The van der Waals surface area contributed by atoms with Crippen LogP contribution in [0.5, 0.6) is 0 Å². The Morgan fingerprint density at radius 2 is 1.57 bits per heavy atom. The zero-order chi connectivity index (χ0) is 16.0. The fourth-order valence-corrected chi connectivity index (χ4v) is 1.77. The van der Waals surface area contributed by atoms with Crippen molar-refractivity contribution in [1.82, 2.24) is 9.97 Å². The number of nitrogens with zero attached hydrogens (tertiary/aromatic N) is 2. The third-order valence-electron chi connectivity index (χ3n) is 2.46. The van der Waals surface area contributed by atoms with Gasteiger partial charge in [-0.1, -0.05) is 23.2 Å². The maximum absolute atomic E-state index is 10.7. The summed E-state index contributed by atoms with van der Waals surface area (Å²) in [5, 5.41) is 3.56. The van der Waals surface area contributed by atoms with Crippen LogP contribution in [-0.4, -0.2) is 15.9 Å². The van der Waals surface area contributed by atoms with Crippen molar-refractivity contribution in [3.63, 3.8) is 0 Å². The third kappa shape index (κ3) is 5.97. The van der Waals surface area contributed by atoms with E-state index in [2.05, 4.69) is 15.3 Å². The predicted molar refractivity (Wildman–Crippen MR) is 86.7 cm³/mol. The van der Waals surface area contributed by atoms with Crippen molar-refractivity contribution in [2.24, 2.45) is 0 Å². The van der Waals surface area contributed by atoms with Gasteiger partial charge in [-0.25, -0.2) is 9.97 Å². The molecule has 0 aliphatic rings. The van der Waals surface area contributed by atoms with Crippen LogP contribution in [0.4, 0.5) is 11.4 Å². The average molecular weight is 327 g/mol. The standard InChI is InChI=1S/C8H9ClN2O.C6H7ClN2/c1-5-7(11-6(2)12)3-4-8(9)10-5;1-4-5(8)2-3-6(7)9-4/h3-4H,1-2H3,(H,11,12);2-3H,8H2,1H3. The summed E-state index contributed by atoms with van der Waals surface area (Å²) in [6.07, 6.45) is 0. The molecule has 21 heavy (non-hydrogen) atoms. The topological polar surface area (TPSA) is 80.9 Å². The maximum Gasteiger partial charge on any atom is 0.221 e. The Morgan fingerprint density at radius 1 is 1.05 bits per heavy atom. The number of carbonyl (C=O) groups is 1. The number of aryl methyl sites for hydroxylation is 2. The first kappa shape index (κ1) is 17.2. The van der Waals surface area contributed by atoms with Gasteiger partial charge in [0.1, 0.15) is 10.3 Å². The van der Waals surface area contributed by atoms with E-state index in [0.717, 1.165) is 11.4 Å². The lowest BCUT2D eigenvalue weighted by molar-refractivity contribution is -0.114. The molecular formula is C14H16Cl2N4O. The summed E-state index contributed by atoms with van der Waals surface area (Å²) in [5.41, 5.74) is 8.35.